The lowest BCUT2D eigenvalue weighted by atomic mass is 10.4. The summed E-state index contributed by atoms with van der Waals surface area (Å²) < 4.78 is 22.8. The molecule has 11 heavy (non-hydrogen) atoms. The molecule has 3 nitrogen and oxygen atoms in total. The van der Waals surface area contributed by atoms with E-state index >= 15 is 0 Å². The van der Waals surface area contributed by atoms with Gasteiger partial charge in [0.15, 0.2) is 9.84 Å². The lowest BCUT2D eigenvalue weighted by Crippen LogP contribution is -2.45. The van der Waals surface area contributed by atoms with Crippen molar-refractivity contribution < 1.29 is 8.42 Å². The van der Waals surface area contributed by atoms with Crippen LogP contribution in [0.2, 0.25) is 0 Å². The monoisotopic (exact) mass is 179 g/mol. The second-order valence-electron chi connectivity index (χ2n) is 3.08. The first-order valence-electron chi connectivity index (χ1n) is 3.78. The van der Waals surface area contributed by atoms with Crippen molar-refractivity contribution in [3.05, 3.63) is 0 Å². The highest BCUT2D eigenvalue weighted by molar-refractivity contribution is 7.92. The summed E-state index contributed by atoms with van der Waals surface area (Å²) in [5.74, 6) is 0.251. The second-order valence-corrected chi connectivity index (χ2v) is 5.74. The van der Waals surface area contributed by atoms with Gasteiger partial charge in [-0.2, -0.15) is 0 Å². The maximum atomic E-state index is 11.4. The molecule has 1 N–H and O–H groups in total. The van der Waals surface area contributed by atoms with Gasteiger partial charge in [0.25, 0.3) is 0 Å². The molecule has 0 unspecified atom stereocenters. The molecule has 0 atom stereocenters. The van der Waals surface area contributed by atoms with Gasteiger partial charge in [0.05, 0.1) is 5.75 Å². The Bertz CT molecular complexity index is 206. The van der Waals surface area contributed by atoms with E-state index in [9.17, 15) is 8.42 Å². The van der Waals surface area contributed by atoms with Crippen LogP contribution in [0.4, 0.5) is 0 Å². The quantitative estimate of drug-likeness (QED) is 0.693. The predicted molar refractivity (Wildman–Crippen MR) is 47.2 cm³/mol. The highest BCUT2D eigenvalue weighted by Crippen LogP contribution is 2.13. The smallest absolute Gasteiger partial charge is 0.168 e. The van der Waals surface area contributed by atoms with E-state index in [4.69, 9.17) is 0 Å². The molecule has 0 aromatic rings. The van der Waals surface area contributed by atoms with Crippen LogP contribution in [-0.2, 0) is 9.84 Å². The first kappa shape index (κ1) is 10.9. The van der Waals surface area contributed by atoms with Crippen molar-refractivity contribution in [2.24, 2.45) is 0 Å². The number of hydrogen-bond donors (Lipinski definition) is 1. The summed E-state index contributed by atoms with van der Waals surface area (Å²) in [4.78, 5) is -0.789. The van der Waals surface area contributed by atoms with Gasteiger partial charge in [0.2, 0.25) is 0 Å². The molecule has 0 bridgehead atoms. The van der Waals surface area contributed by atoms with Gasteiger partial charge in [-0.1, -0.05) is 6.92 Å². The van der Waals surface area contributed by atoms with Gasteiger partial charge >= 0.3 is 0 Å². The third-order valence-electron chi connectivity index (χ3n) is 1.85. The Morgan fingerprint density at radius 1 is 1.36 bits per heavy atom. The van der Waals surface area contributed by atoms with E-state index in [-0.39, 0.29) is 5.75 Å². The molecule has 0 aliphatic carbocycles. The topological polar surface area (TPSA) is 46.2 Å². The summed E-state index contributed by atoms with van der Waals surface area (Å²) in [6.07, 6.45) is 0.674. The van der Waals surface area contributed by atoms with Crippen molar-refractivity contribution in [2.45, 2.75) is 32.1 Å². The van der Waals surface area contributed by atoms with E-state index in [1.54, 1.807) is 20.9 Å². The van der Waals surface area contributed by atoms with E-state index in [1.807, 2.05) is 6.92 Å². The van der Waals surface area contributed by atoms with Gasteiger partial charge < -0.3 is 5.32 Å². The molecule has 0 fully saturated rings. The van der Waals surface area contributed by atoms with Crippen LogP contribution in [0.5, 0.6) is 0 Å². The molecule has 0 aromatic carbocycles. The summed E-state index contributed by atoms with van der Waals surface area (Å²) in [5.41, 5.74) is 0. The zero-order chi connectivity index (χ0) is 9.12. The third kappa shape index (κ3) is 2.45. The minimum Gasteiger partial charge on any atom is -0.302 e. The standard InChI is InChI=1S/C7H17NO2S/c1-5-6-11(9,10)7(2,3)8-4/h8H,5-6H2,1-4H3. The molecule has 0 amide bonds. The van der Waals surface area contributed by atoms with Crippen LogP contribution in [-0.4, -0.2) is 26.1 Å². The largest absolute Gasteiger partial charge is 0.302 e. The van der Waals surface area contributed by atoms with E-state index in [2.05, 4.69) is 5.32 Å². The van der Waals surface area contributed by atoms with Crippen molar-refractivity contribution in [3.8, 4) is 0 Å². The van der Waals surface area contributed by atoms with Crippen molar-refractivity contribution in [1.82, 2.24) is 5.32 Å². The number of hydrogen-bond acceptors (Lipinski definition) is 3. The Kier molecular flexibility index (Phi) is 3.51. The second kappa shape index (κ2) is 3.54. The lowest BCUT2D eigenvalue weighted by molar-refractivity contribution is 0.509. The fourth-order valence-electron chi connectivity index (χ4n) is 0.679. The van der Waals surface area contributed by atoms with Crippen molar-refractivity contribution in [2.75, 3.05) is 12.8 Å². The van der Waals surface area contributed by atoms with Crippen molar-refractivity contribution in [3.63, 3.8) is 0 Å². The highest BCUT2D eigenvalue weighted by atomic mass is 32.2. The number of rotatable bonds is 4. The zero-order valence-electron chi connectivity index (χ0n) is 7.64. The Morgan fingerprint density at radius 3 is 2.09 bits per heavy atom. The number of nitrogens with one attached hydrogen (secondary N) is 1. The fraction of sp³-hybridized carbons (Fsp3) is 1.00. The van der Waals surface area contributed by atoms with Gasteiger partial charge in [0.1, 0.15) is 4.87 Å². The van der Waals surface area contributed by atoms with Gasteiger partial charge in [-0.25, -0.2) is 8.42 Å². The van der Waals surface area contributed by atoms with Gasteiger partial charge in [-0.15, -0.1) is 0 Å². The maximum absolute atomic E-state index is 11.4. The Hall–Kier alpha value is -0.0900. The molecule has 68 valence electrons. The van der Waals surface area contributed by atoms with Gasteiger partial charge in [-0.3, -0.25) is 0 Å². The van der Waals surface area contributed by atoms with Crippen LogP contribution in [0.15, 0.2) is 0 Å². The molecule has 0 aliphatic heterocycles. The first-order valence-corrected chi connectivity index (χ1v) is 5.44. The van der Waals surface area contributed by atoms with Gasteiger partial charge in [-0.05, 0) is 27.3 Å². The normalized spacial score (nSPS) is 13.5. The van der Waals surface area contributed by atoms with E-state index in [1.165, 1.54) is 0 Å². The highest BCUT2D eigenvalue weighted by Gasteiger charge is 2.30. The van der Waals surface area contributed by atoms with Crippen LogP contribution in [0.25, 0.3) is 0 Å². The summed E-state index contributed by atoms with van der Waals surface area (Å²) in [6, 6.07) is 0. The van der Waals surface area contributed by atoms with E-state index in [0.29, 0.717) is 6.42 Å². The van der Waals surface area contributed by atoms with Crippen LogP contribution in [0, 0.1) is 0 Å². The predicted octanol–water partition coefficient (Wildman–Crippen LogP) is 0.767. The zero-order valence-corrected chi connectivity index (χ0v) is 8.46. The minimum absolute atomic E-state index is 0.251. The van der Waals surface area contributed by atoms with Gasteiger partial charge in [0, 0.05) is 0 Å². The summed E-state index contributed by atoms with van der Waals surface area (Å²) >= 11 is 0. The van der Waals surface area contributed by atoms with Crippen LogP contribution in [0.3, 0.4) is 0 Å². The molecule has 0 aromatic heterocycles. The van der Waals surface area contributed by atoms with Crippen LogP contribution >= 0.6 is 0 Å². The molecule has 0 saturated heterocycles. The summed E-state index contributed by atoms with van der Waals surface area (Å²) in [6.45, 7) is 5.22. The Labute approximate surface area is 69.1 Å². The summed E-state index contributed by atoms with van der Waals surface area (Å²) in [5, 5.41) is 2.78. The third-order valence-corrected chi connectivity index (χ3v) is 4.56. The molecular weight excluding hydrogens is 162 g/mol. The molecule has 0 saturated carbocycles. The van der Waals surface area contributed by atoms with E-state index < -0.39 is 14.7 Å². The van der Waals surface area contributed by atoms with Crippen LogP contribution in [0.1, 0.15) is 27.2 Å². The van der Waals surface area contributed by atoms with Crippen LogP contribution < -0.4 is 5.32 Å². The summed E-state index contributed by atoms with van der Waals surface area (Å²) in [7, 11) is -1.31. The first-order chi connectivity index (χ1) is 4.87. The molecule has 0 rings (SSSR count). The molecule has 0 heterocycles. The maximum Gasteiger partial charge on any atom is 0.168 e. The molecule has 0 spiro atoms. The molecule has 0 radical (unpaired) electrons. The molecule has 4 heteroatoms. The average molecular weight is 179 g/mol. The lowest BCUT2D eigenvalue weighted by Gasteiger charge is -2.23. The average Bonchev–Trinajstić information content (AvgIpc) is 1.87. The Morgan fingerprint density at radius 2 is 1.82 bits per heavy atom. The molecule has 0 aliphatic rings. The minimum atomic E-state index is -2.97. The molecular formula is C7H17NO2S. The van der Waals surface area contributed by atoms with Crippen molar-refractivity contribution in [1.29, 1.82) is 0 Å². The SMILES string of the molecule is CCCS(=O)(=O)C(C)(C)NC. The van der Waals surface area contributed by atoms with Crippen molar-refractivity contribution >= 4 is 9.84 Å². The van der Waals surface area contributed by atoms with E-state index in [0.717, 1.165) is 0 Å². The fourth-order valence-corrected chi connectivity index (χ4v) is 2.04. The Balaban J connectivity index is 4.55. The number of sulfone groups is 1.